The van der Waals surface area contributed by atoms with Gasteiger partial charge in [-0.15, -0.1) is 0 Å². The van der Waals surface area contributed by atoms with Crippen LogP contribution in [0.3, 0.4) is 0 Å². The summed E-state index contributed by atoms with van der Waals surface area (Å²) in [5.41, 5.74) is 0. The minimum Gasteiger partial charge on any atom is -0.0654 e. The number of unbranched alkanes of at least 4 members (excludes halogenated alkanes) is 1. The first-order valence-electron chi connectivity index (χ1n) is 18.8. The van der Waals surface area contributed by atoms with E-state index in [-0.39, 0.29) is 0 Å². The fourth-order valence-corrected chi connectivity index (χ4v) is 12.0. The normalized spacial score (nSPS) is 48.3. The molecule has 5 rings (SSSR count). The molecule has 39 heavy (non-hydrogen) atoms. The molecule has 0 N–H and O–H groups in total. The SMILES string of the molecule is CC1CCC(C2C(C)CC(C)C2C)CC1.CCCCC1C(C)CC2CCCC2C1C1CCC(CC)C(CC)C1. The highest BCUT2D eigenvalue weighted by Crippen LogP contribution is 2.57. The summed E-state index contributed by atoms with van der Waals surface area (Å²) in [5, 5.41) is 0. The fourth-order valence-electron chi connectivity index (χ4n) is 12.0. The third kappa shape index (κ3) is 7.51. The van der Waals surface area contributed by atoms with Crippen LogP contribution in [0.4, 0.5) is 0 Å². The Morgan fingerprint density at radius 1 is 0.538 bits per heavy atom. The topological polar surface area (TPSA) is 0 Å². The Morgan fingerprint density at radius 3 is 1.85 bits per heavy atom. The molecule has 0 heterocycles. The number of fused-ring (bicyclic) bond motifs is 1. The van der Waals surface area contributed by atoms with Crippen LogP contribution in [-0.2, 0) is 0 Å². The van der Waals surface area contributed by atoms with Crippen molar-refractivity contribution in [2.45, 2.75) is 165 Å². The number of hydrogen-bond acceptors (Lipinski definition) is 0. The van der Waals surface area contributed by atoms with Crippen LogP contribution < -0.4 is 0 Å². The van der Waals surface area contributed by atoms with E-state index in [2.05, 4.69) is 55.4 Å². The lowest BCUT2D eigenvalue weighted by Gasteiger charge is -2.51. The second kappa shape index (κ2) is 14.9. The minimum absolute atomic E-state index is 0.976. The average Bonchev–Trinajstić information content (AvgIpc) is 3.50. The maximum Gasteiger partial charge on any atom is -0.0324 e. The molecular formula is C39H72. The molecule has 0 aliphatic heterocycles. The standard InChI is InChI=1S/C24H44.C15H28/c1-5-8-11-22-17(4)15-20-10-9-12-23(20)24(22)21-14-13-18(6-2)19(7-3)16-21;1-10-5-7-14(8-6-10)15-12(3)9-11(2)13(15)4/h17-24H,5-16H2,1-4H3;10-15H,5-9H2,1-4H3. The van der Waals surface area contributed by atoms with Crippen LogP contribution in [0.2, 0.25) is 0 Å². The molecule has 12 atom stereocenters. The van der Waals surface area contributed by atoms with Crippen LogP contribution >= 0.6 is 0 Å². The van der Waals surface area contributed by atoms with E-state index in [1.807, 2.05) is 0 Å². The number of hydrogen-bond donors (Lipinski definition) is 0. The molecule has 0 radical (unpaired) electrons. The van der Waals surface area contributed by atoms with Gasteiger partial charge in [0.1, 0.15) is 0 Å². The second-order valence-electron chi connectivity index (χ2n) is 16.5. The average molecular weight is 541 g/mol. The summed E-state index contributed by atoms with van der Waals surface area (Å²) in [6.45, 7) is 19.8. The van der Waals surface area contributed by atoms with E-state index in [9.17, 15) is 0 Å². The van der Waals surface area contributed by atoms with Crippen molar-refractivity contribution in [3.8, 4) is 0 Å². The van der Waals surface area contributed by atoms with E-state index in [4.69, 9.17) is 0 Å². The summed E-state index contributed by atoms with van der Waals surface area (Å²) >= 11 is 0. The Morgan fingerprint density at radius 2 is 1.23 bits per heavy atom. The molecule has 0 nitrogen and oxygen atoms in total. The lowest BCUT2D eigenvalue weighted by Crippen LogP contribution is -2.43. The van der Waals surface area contributed by atoms with Crippen LogP contribution in [0.1, 0.15) is 165 Å². The van der Waals surface area contributed by atoms with Gasteiger partial charge in [-0.25, -0.2) is 0 Å². The van der Waals surface area contributed by atoms with Gasteiger partial charge in [0, 0.05) is 0 Å². The molecule has 0 spiro atoms. The smallest absolute Gasteiger partial charge is 0.0324 e. The third-order valence-electron chi connectivity index (χ3n) is 14.3. The first-order valence-corrected chi connectivity index (χ1v) is 18.8. The van der Waals surface area contributed by atoms with Crippen LogP contribution in [0.15, 0.2) is 0 Å². The van der Waals surface area contributed by atoms with E-state index in [0.717, 1.165) is 82.9 Å². The molecule has 0 aromatic rings. The van der Waals surface area contributed by atoms with Crippen molar-refractivity contribution in [2.75, 3.05) is 0 Å². The summed E-state index contributed by atoms with van der Waals surface area (Å²) in [6.07, 6.45) is 25.7. The first kappa shape index (κ1) is 31.9. The van der Waals surface area contributed by atoms with E-state index in [0.29, 0.717) is 0 Å². The maximum atomic E-state index is 2.62. The molecule has 5 aliphatic rings. The largest absolute Gasteiger partial charge is 0.0654 e. The molecule has 0 saturated heterocycles. The lowest BCUT2D eigenvalue weighted by atomic mass is 9.55. The Kier molecular flexibility index (Phi) is 12.2. The van der Waals surface area contributed by atoms with E-state index >= 15 is 0 Å². The zero-order chi connectivity index (χ0) is 28.1. The molecular weight excluding hydrogens is 468 g/mol. The molecule has 0 aromatic heterocycles. The van der Waals surface area contributed by atoms with Gasteiger partial charge in [0.2, 0.25) is 0 Å². The van der Waals surface area contributed by atoms with Gasteiger partial charge in [0.25, 0.3) is 0 Å². The van der Waals surface area contributed by atoms with Crippen LogP contribution in [0.25, 0.3) is 0 Å². The maximum absolute atomic E-state index is 2.62. The van der Waals surface area contributed by atoms with Crippen molar-refractivity contribution in [3.63, 3.8) is 0 Å². The van der Waals surface area contributed by atoms with E-state index in [1.165, 1.54) is 64.2 Å². The highest BCUT2D eigenvalue weighted by molar-refractivity contribution is 4.98. The van der Waals surface area contributed by atoms with E-state index < -0.39 is 0 Å². The first-order chi connectivity index (χ1) is 18.8. The quantitative estimate of drug-likeness (QED) is 0.301. The summed E-state index contributed by atoms with van der Waals surface area (Å²) in [7, 11) is 0. The Balaban J connectivity index is 0.000000202. The Labute approximate surface area is 247 Å². The van der Waals surface area contributed by atoms with Crippen molar-refractivity contribution in [1.29, 1.82) is 0 Å². The Bertz CT molecular complexity index is 686. The highest BCUT2D eigenvalue weighted by atomic mass is 14.5. The summed E-state index contributed by atoms with van der Waals surface area (Å²) in [6, 6.07) is 0. The van der Waals surface area contributed by atoms with Crippen LogP contribution in [0.5, 0.6) is 0 Å². The predicted molar refractivity (Wildman–Crippen MR) is 173 cm³/mol. The Hall–Kier alpha value is 0. The lowest BCUT2D eigenvalue weighted by molar-refractivity contribution is -0.0149. The molecule has 12 unspecified atom stereocenters. The van der Waals surface area contributed by atoms with Crippen molar-refractivity contribution in [3.05, 3.63) is 0 Å². The van der Waals surface area contributed by atoms with Gasteiger partial charge in [-0.1, -0.05) is 107 Å². The zero-order valence-electron chi connectivity index (χ0n) is 28.1. The van der Waals surface area contributed by atoms with Crippen LogP contribution in [0, 0.1) is 82.9 Å². The van der Waals surface area contributed by atoms with Gasteiger partial charge in [-0.05, 0) is 141 Å². The second-order valence-corrected chi connectivity index (χ2v) is 16.5. The highest BCUT2D eigenvalue weighted by Gasteiger charge is 2.48. The van der Waals surface area contributed by atoms with Crippen molar-refractivity contribution < 1.29 is 0 Å². The van der Waals surface area contributed by atoms with Gasteiger partial charge in [0.05, 0.1) is 0 Å². The molecule has 0 heteroatoms. The monoisotopic (exact) mass is 541 g/mol. The molecule has 5 aliphatic carbocycles. The van der Waals surface area contributed by atoms with Crippen molar-refractivity contribution in [1.82, 2.24) is 0 Å². The molecule has 5 saturated carbocycles. The summed E-state index contributed by atoms with van der Waals surface area (Å²) < 4.78 is 0. The number of rotatable bonds is 7. The van der Waals surface area contributed by atoms with Gasteiger partial charge in [0.15, 0.2) is 0 Å². The molecule has 5 fully saturated rings. The van der Waals surface area contributed by atoms with Gasteiger partial charge in [-0.2, -0.15) is 0 Å². The zero-order valence-corrected chi connectivity index (χ0v) is 28.1. The van der Waals surface area contributed by atoms with Crippen LogP contribution in [-0.4, -0.2) is 0 Å². The van der Waals surface area contributed by atoms with Crippen molar-refractivity contribution in [2.24, 2.45) is 82.9 Å². The van der Waals surface area contributed by atoms with Crippen molar-refractivity contribution >= 4 is 0 Å². The van der Waals surface area contributed by atoms with Gasteiger partial charge >= 0.3 is 0 Å². The fraction of sp³-hybridized carbons (Fsp3) is 1.00. The molecule has 0 aromatic carbocycles. The summed E-state index contributed by atoms with van der Waals surface area (Å²) in [4.78, 5) is 0. The summed E-state index contributed by atoms with van der Waals surface area (Å²) in [5.74, 6) is 14.6. The third-order valence-corrected chi connectivity index (χ3v) is 14.3. The molecule has 228 valence electrons. The molecule has 0 bridgehead atoms. The molecule has 0 amide bonds. The predicted octanol–water partition coefficient (Wildman–Crippen LogP) is 12.5. The van der Waals surface area contributed by atoms with Gasteiger partial charge in [-0.3, -0.25) is 0 Å². The van der Waals surface area contributed by atoms with Gasteiger partial charge < -0.3 is 0 Å². The minimum atomic E-state index is 0.976. The van der Waals surface area contributed by atoms with E-state index in [1.54, 1.807) is 44.9 Å².